The van der Waals surface area contributed by atoms with Gasteiger partial charge in [0.15, 0.2) is 0 Å². The second-order valence-corrected chi connectivity index (χ2v) is 11.5. The first-order valence-electron chi connectivity index (χ1n) is 12.0. The lowest BCUT2D eigenvalue weighted by Crippen LogP contribution is -2.52. The third kappa shape index (κ3) is 8.09. The number of carbonyl (C=O) groups excluding carboxylic acids is 2. The van der Waals surface area contributed by atoms with Crippen LogP contribution in [0.15, 0.2) is 42.5 Å². The largest absolute Gasteiger partial charge is 0.354 e. The monoisotopic (exact) mass is 501 g/mol. The van der Waals surface area contributed by atoms with Gasteiger partial charge in [0.05, 0.1) is 11.9 Å². The van der Waals surface area contributed by atoms with Gasteiger partial charge in [-0.25, -0.2) is 8.42 Å². The third-order valence-corrected chi connectivity index (χ3v) is 6.98. The van der Waals surface area contributed by atoms with E-state index < -0.39 is 22.0 Å². The summed E-state index contributed by atoms with van der Waals surface area (Å²) < 4.78 is 26.7. The van der Waals surface area contributed by atoms with Crippen LogP contribution in [0.25, 0.3) is 0 Å². The van der Waals surface area contributed by atoms with E-state index in [1.54, 1.807) is 6.07 Å². The van der Waals surface area contributed by atoms with E-state index in [0.717, 1.165) is 32.8 Å². The average Bonchev–Trinajstić information content (AvgIpc) is 2.78. The van der Waals surface area contributed by atoms with Crippen molar-refractivity contribution in [1.29, 1.82) is 0 Å². The van der Waals surface area contributed by atoms with Gasteiger partial charge < -0.3 is 10.2 Å². The molecule has 192 valence electrons. The Hall–Kier alpha value is -2.87. The second kappa shape index (κ2) is 12.2. The van der Waals surface area contributed by atoms with Crippen LogP contribution in [-0.4, -0.2) is 50.5 Å². The van der Waals surface area contributed by atoms with Crippen molar-refractivity contribution in [2.45, 2.75) is 60.5 Å². The fourth-order valence-corrected chi connectivity index (χ4v) is 4.71. The van der Waals surface area contributed by atoms with Crippen molar-refractivity contribution in [3.63, 3.8) is 0 Å². The number of anilines is 1. The summed E-state index contributed by atoms with van der Waals surface area (Å²) in [7, 11) is -3.75. The predicted octanol–water partition coefficient (Wildman–Crippen LogP) is 3.96. The molecule has 1 atom stereocenters. The maximum Gasteiger partial charge on any atom is 0.244 e. The average molecular weight is 502 g/mol. The SMILES string of the molecule is CC[C@H](C(=O)NCC(C)C)N(Cc1ccc(C)cc1)C(=O)CN(c1cc(C)ccc1C)S(C)(=O)=O. The highest BCUT2D eigenvalue weighted by Crippen LogP contribution is 2.25. The summed E-state index contributed by atoms with van der Waals surface area (Å²) in [5.41, 5.74) is 4.07. The van der Waals surface area contributed by atoms with Crippen molar-refractivity contribution in [1.82, 2.24) is 10.2 Å². The van der Waals surface area contributed by atoms with Gasteiger partial charge in [0.2, 0.25) is 21.8 Å². The minimum absolute atomic E-state index is 0.205. The number of carbonyl (C=O) groups is 2. The second-order valence-electron chi connectivity index (χ2n) is 9.63. The molecule has 0 saturated heterocycles. The lowest BCUT2D eigenvalue weighted by Gasteiger charge is -2.33. The van der Waals surface area contributed by atoms with Gasteiger partial charge in [0, 0.05) is 13.1 Å². The maximum atomic E-state index is 13.7. The Bertz CT molecular complexity index is 1130. The fourth-order valence-electron chi connectivity index (χ4n) is 3.82. The molecule has 0 saturated carbocycles. The Balaban J connectivity index is 2.45. The minimum atomic E-state index is -3.75. The Morgan fingerprint density at radius 3 is 2.11 bits per heavy atom. The molecule has 0 unspecified atom stereocenters. The van der Waals surface area contributed by atoms with E-state index in [4.69, 9.17) is 0 Å². The molecule has 7 nitrogen and oxygen atoms in total. The smallest absolute Gasteiger partial charge is 0.244 e. The molecule has 0 aliphatic carbocycles. The molecule has 0 aliphatic rings. The van der Waals surface area contributed by atoms with Gasteiger partial charge in [-0.3, -0.25) is 13.9 Å². The highest BCUT2D eigenvalue weighted by molar-refractivity contribution is 7.92. The van der Waals surface area contributed by atoms with Crippen molar-refractivity contribution in [3.8, 4) is 0 Å². The molecule has 0 fully saturated rings. The first-order chi connectivity index (χ1) is 16.3. The summed E-state index contributed by atoms with van der Waals surface area (Å²) in [4.78, 5) is 28.3. The van der Waals surface area contributed by atoms with Gasteiger partial charge in [-0.1, -0.05) is 62.7 Å². The van der Waals surface area contributed by atoms with Gasteiger partial charge in [-0.05, 0) is 55.9 Å². The molecule has 2 aromatic carbocycles. The van der Waals surface area contributed by atoms with Crippen LogP contribution in [0.3, 0.4) is 0 Å². The van der Waals surface area contributed by atoms with Crippen molar-refractivity contribution >= 4 is 27.5 Å². The van der Waals surface area contributed by atoms with Crippen LogP contribution in [-0.2, 0) is 26.2 Å². The number of amides is 2. The van der Waals surface area contributed by atoms with Crippen LogP contribution >= 0.6 is 0 Å². The van der Waals surface area contributed by atoms with E-state index >= 15 is 0 Å². The van der Waals surface area contributed by atoms with Crippen LogP contribution < -0.4 is 9.62 Å². The molecule has 0 radical (unpaired) electrons. The number of hydrogen-bond donors (Lipinski definition) is 1. The summed E-state index contributed by atoms with van der Waals surface area (Å²) in [6, 6.07) is 12.5. The molecule has 0 spiro atoms. The lowest BCUT2D eigenvalue weighted by atomic mass is 10.1. The van der Waals surface area contributed by atoms with E-state index in [2.05, 4.69) is 5.32 Å². The normalized spacial score (nSPS) is 12.3. The zero-order chi connectivity index (χ0) is 26.3. The van der Waals surface area contributed by atoms with Crippen LogP contribution in [0.2, 0.25) is 0 Å². The summed E-state index contributed by atoms with van der Waals surface area (Å²) >= 11 is 0. The number of aryl methyl sites for hydroxylation is 3. The molecule has 2 amide bonds. The van der Waals surface area contributed by atoms with Gasteiger partial charge in [-0.2, -0.15) is 0 Å². The highest BCUT2D eigenvalue weighted by Gasteiger charge is 2.32. The molecule has 0 aromatic heterocycles. The number of nitrogens with zero attached hydrogens (tertiary/aromatic N) is 2. The van der Waals surface area contributed by atoms with Crippen molar-refractivity contribution in [2.75, 3.05) is 23.7 Å². The van der Waals surface area contributed by atoms with Crippen molar-refractivity contribution < 1.29 is 18.0 Å². The van der Waals surface area contributed by atoms with Crippen molar-refractivity contribution in [3.05, 3.63) is 64.7 Å². The number of benzene rings is 2. The Kier molecular flexibility index (Phi) is 9.89. The summed E-state index contributed by atoms with van der Waals surface area (Å²) in [6.07, 6.45) is 1.50. The summed E-state index contributed by atoms with van der Waals surface area (Å²) in [6.45, 7) is 11.9. The van der Waals surface area contributed by atoms with E-state index in [0.29, 0.717) is 18.7 Å². The Morgan fingerprint density at radius 1 is 0.971 bits per heavy atom. The van der Waals surface area contributed by atoms with Crippen LogP contribution in [0, 0.1) is 26.7 Å². The van der Waals surface area contributed by atoms with Crippen LogP contribution in [0.1, 0.15) is 49.4 Å². The van der Waals surface area contributed by atoms with Gasteiger partial charge >= 0.3 is 0 Å². The van der Waals surface area contributed by atoms with Crippen LogP contribution in [0.5, 0.6) is 0 Å². The molecule has 35 heavy (non-hydrogen) atoms. The minimum Gasteiger partial charge on any atom is -0.354 e. The first kappa shape index (κ1) is 28.4. The Labute approximate surface area is 210 Å². The first-order valence-corrected chi connectivity index (χ1v) is 13.9. The standard InChI is InChI=1S/C27H39N3O4S/c1-8-24(27(32)28-16-19(2)3)29(17-23-13-10-20(4)11-14-23)26(31)18-30(35(7,33)34)25-15-21(5)9-12-22(25)6/h9-15,19,24H,8,16-18H2,1-7H3,(H,28,32)/t24-/m1/s1. The zero-order valence-corrected chi connectivity index (χ0v) is 22.8. The van der Waals surface area contributed by atoms with Gasteiger partial charge in [-0.15, -0.1) is 0 Å². The number of rotatable bonds is 11. The molecule has 0 aliphatic heterocycles. The van der Waals surface area contributed by atoms with E-state index in [1.807, 2.05) is 77.9 Å². The summed E-state index contributed by atoms with van der Waals surface area (Å²) in [5, 5.41) is 2.93. The molecular formula is C27H39N3O4S. The van der Waals surface area contributed by atoms with E-state index in [1.165, 1.54) is 4.90 Å². The lowest BCUT2D eigenvalue weighted by molar-refractivity contribution is -0.140. The molecule has 0 heterocycles. The molecule has 0 bridgehead atoms. The number of sulfonamides is 1. The topological polar surface area (TPSA) is 86.8 Å². The van der Waals surface area contributed by atoms with Crippen molar-refractivity contribution in [2.24, 2.45) is 5.92 Å². The fraction of sp³-hybridized carbons (Fsp3) is 0.481. The summed E-state index contributed by atoms with van der Waals surface area (Å²) in [5.74, 6) is -0.398. The Morgan fingerprint density at radius 2 is 1.57 bits per heavy atom. The third-order valence-electron chi connectivity index (χ3n) is 5.86. The van der Waals surface area contributed by atoms with E-state index in [9.17, 15) is 18.0 Å². The molecule has 8 heteroatoms. The van der Waals surface area contributed by atoms with Gasteiger partial charge in [0.1, 0.15) is 12.6 Å². The van der Waals surface area contributed by atoms with Crippen LogP contribution in [0.4, 0.5) is 5.69 Å². The molecule has 2 aromatic rings. The van der Waals surface area contributed by atoms with E-state index in [-0.39, 0.29) is 24.9 Å². The molecule has 2 rings (SSSR count). The molecular weight excluding hydrogens is 462 g/mol. The molecule has 1 N–H and O–H groups in total. The quantitative estimate of drug-likeness (QED) is 0.505. The number of nitrogens with one attached hydrogen (secondary N) is 1. The van der Waals surface area contributed by atoms with Gasteiger partial charge in [0.25, 0.3) is 0 Å². The predicted molar refractivity (Wildman–Crippen MR) is 142 cm³/mol. The number of hydrogen-bond acceptors (Lipinski definition) is 4. The highest BCUT2D eigenvalue weighted by atomic mass is 32.2. The maximum absolute atomic E-state index is 13.7. The zero-order valence-electron chi connectivity index (χ0n) is 22.0.